The van der Waals surface area contributed by atoms with Gasteiger partial charge in [0.05, 0.1) is 86.8 Å². The lowest BCUT2D eigenvalue weighted by Gasteiger charge is -2.20. The molecule has 0 spiro atoms. The zero-order valence-corrected chi connectivity index (χ0v) is 59.2. The van der Waals surface area contributed by atoms with Crippen LogP contribution in [0.1, 0.15) is 0 Å². The van der Waals surface area contributed by atoms with Gasteiger partial charge in [0.15, 0.2) is 0 Å². The number of hydrogen-bond donors (Lipinski definition) is 0. The minimum atomic E-state index is 0.756. The summed E-state index contributed by atoms with van der Waals surface area (Å²) in [6.45, 7) is 0. The van der Waals surface area contributed by atoms with Gasteiger partial charge in [-0.25, -0.2) is 0 Å². The monoisotopic (exact) mass is 1380 g/mol. The Morgan fingerprint density at radius 2 is 0.321 bits per heavy atom. The molecule has 19 rings (SSSR count). The van der Waals surface area contributed by atoms with Crippen molar-refractivity contribution in [3.05, 3.63) is 315 Å². The summed E-state index contributed by atoms with van der Waals surface area (Å²) in [7, 11) is 10.3. The van der Waals surface area contributed by atoms with Gasteiger partial charge in [-0.1, -0.05) is 97.1 Å². The number of benzene rings is 16. The predicted molar refractivity (Wildman–Crippen MR) is 436 cm³/mol. The lowest BCUT2D eigenvalue weighted by molar-refractivity contribution is 0.414. The molecule has 3 heterocycles. The lowest BCUT2D eigenvalue weighted by Crippen LogP contribution is -2.02. The Morgan fingerprint density at radius 1 is 0.160 bits per heavy atom. The molecule has 19 aromatic rings. The molecule has 0 N–H and O–H groups in total. The van der Waals surface area contributed by atoms with E-state index in [4.69, 9.17) is 28.4 Å². The minimum absolute atomic E-state index is 0.756. The molecule has 12 heteroatoms. The molecular weight excluding hydrogens is 1310 g/mol. The minimum Gasteiger partial charge on any atom is -0.497 e. The number of aromatic nitrogens is 6. The second kappa shape index (κ2) is 25.6. The van der Waals surface area contributed by atoms with Gasteiger partial charge in [0.1, 0.15) is 34.5 Å². The highest BCUT2D eigenvalue weighted by Gasteiger charge is 2.23. The van der Waals surface area contributed by atoms with Crippen molar-refractivity contribution < 1.29 is 28.4 Å². The van der Waals surface area contributed by atoms with Gasteiger partial charge in [-0.3, -0.25) is 0 Å². The molecule has 3 aromatic heterocycles. The first-order valence-electron chi connectivity index (χ1n) is 35.4. The molecule has 0 unspecified atom stereocenters. The molecule has 0 aliphatic carbocycles. The maximum atomic E-state index is 5.92. The molecule has 0 saturated heterocycles. The fraction of sp³-hybridized carbons (Fsp3) is 0.0638. The summed E-state index contributed by atoms with van der Waals surface area (Å²) in [6.07, 6.45) is 0. The van der Waals surface area contributed by atoms with Gasteiger partial charge in [-0.05, 0) is 218 Å². The molecular formula is C94H70N6O6. The third-order valence-corrected chi connectivity index (χ3v) is 21.1. The van der Waals surface area contributed by atoms with E-state index >= 15 is 0 Å². The van der Waals surface area contributed by atoms with Gasteiger partial charge in [0, 0.05) is 121 Å². The van der Waals surface area contributed by atoms with E-state index in [9.17, 15) is 0 Å². The Hall–Kier alpha value is -13.8. The van der Waals surface area contributed by atoms with Crippen LogP contribution in [0.5, 0.6) is 34.5 Å². The molecule has 0 amide bonds. The molecule has 12 nitrogen and oxygen atoms in total. The number of ether oxygens (including phenoxy) is 6. The van der Waals surface area contributed by atoms with Crippen molar-refractivity contribution in [3.63, 3.8) is 0 Å². The van der Waals surface area contributed by atoms with Crippen LogP contribution in [0.2, 0.25) is 0 Å². The molecule has 0 aliphatic rings. The molecule has 512 valence electrons. The first kappa shape index (κ1) is 63.1. The van der Waals surface area contributed by atoms with Crippen LogP contribution >= 0.6 is 0 Å². The second-order valence-electron chi connectivity index (χ2n) is 26.6. The summed E-state index contributed by atoms with van der Waals surface area (Å²) in [5.41, 5.74) is 17.8. The number of rotatable bonds is 12. The largest absolute Gasteiger partial charge is 0.497 e. The van der Waals surface area contributed by atoms with Gasteiger partial charge in [0.25, 0.3) is 0 Å². The standard InChI is InChI=1S/C94H70N6O6/c1-101-69-39-23-59(24-40-69)95-65-35-51-87-83(55-65)84-56-66(36-52-88(84)99(87)63-31-47-73(105-5)48-32-63)97(61-27-43-71(103-3)44-28-61)93-79-19-11-13-21-81(79)94(82-22-14-12-20-80(82)93)98(62-29-45-72(104-4)46-30-62)68-38-54-90-86(58-68)85-57-67(37-53-89(85)100(90)64-33-49-74(106-6)50-34-64)96(60-25-41-70(102-2)42-26-60)92-77-17-9-7-15-75(77)91(95)76-16-8-10-18-78(76)92/h7-58H,1-6H3. The summed E-state index contributed by atoms with van der Waals surface area (Å²) in [6, 6.07) is 114. The van der Waals surface area contributed by atoms with Gasteiger partial charge in [-0.15, -0.1) is 0 Å². The van der Waals surface area contributed by atoms with Crippen molar-refractivity contribution in [1.82, 2.24) is 27.4 Å². The SMILES string of the molecule is COc1ccc(-n2c3ccc4cc3c3cc(ccc32)n(-c2ccc(OC)cc2)c2c3ccccc3c(c3ccccc32)n(-c2ccc(OC)cc2)c2ccc3c(c2)c2cc(ccc2n3-c2ccc(OC)cc2)n(-c2ccc(OC)cc2)c2c3ccccc3c(c3ccccc32)n4-c2ccc(OC)cc2)cc1. The molecule has 12 bridgehead atoms. The van der Waals surface area contributed by atoms with E-state index in [2.05, 4.69) is 319 Å². The fourth-order valence-corrected chi connectivity index (χ4v) is 16.3. The molecule has 0 radical (unpaired) electrons. The number of methoxy groups -OCH3 is 6. The van der Waals surface area contributed by atoms with Crippen molar-refractivity contribution >= 4 is 131 Å². The average molecular weight is 1380 g/mol. The van der Waals surface area contributed by atoms with Crippen molar-refractivity contribution in [2.75, 3.05) is 42.7 Å². The normalized spacial score (nSPS) is 11.7. The van der Waals surface area contributed by atoms with Gasteiger partial charge in [0.2, 0.25) is 0 Å². The van der Waals surface area contributed by atoms with Gasteiger partial charge < -0.3 is 55.8 Å². The highest BCUT2D eigenvalue weighted by molar-refractivity contribution is 6.26. The summed E-state index contributed by atoms with van der Waals surface area (Å²) < 4.78 is 49.8. The quantitative estimate of drug-likeness (QED) is 0.113. The molecule has 0 saturated carbocycles. The third-order valence-electron chi connectivity index (χ3n) is 21.1. The molecule has 106 heavy (non-hydrogen) atoms. The summed E-state index contributed by atoms with van der Waals surface area (Å²) in [4.78, 5) is 0. The molecule has 0 atom stereocenters. The van der Waals surface area contributed by atoms with Crippen LogP contribution in [0.25, 0.3) is 165 Å². The van der Waals surface area contributed by atoms with Crippen molar-refractivity contribution in [1.29, 1.82) is 0 Å². The number of hydrogen-bond acceptors (Lipinski definition) is 6. The first-order valence-corrected chi connectivity index (χ1v) is 35.4. The summed E-state index contributed by atoms with van der Waals surface area (Å²) in [5.74, 6) is 4.58. The van der Waals surface area contributed by atoms with E-state index in [1.807, 2.05) is 24.3 Å². The van der Waals surface area contributed by atoms with Gasteiger partial charge >= 0.3 is 0 Å². The van der Waals surface area contributed by atoms with Crippen LogP contribution in [0.3, 0.4) is 0 Å². The summed E-state index contributed by atoms with van der Waals surface area (Å²) in [5, 5.41) is 12.6. The Kier molecular flexibility index (Phi) is 15.2. The zero-order valence-electron chi connectivity index (χ0n) is 59.2. The average Bonchev–Trinajstić information content (AvgIpc) is 1.52. The van der Waals surface area contributed by atoms with Crippen LogP contribution in [-0.2, 0) is 0 Å². The second-order valence-corrected chi connectivity index (χ2v) is 26.6. The Balaban J connectivity index is 1.10. The highest BCUT2D eigenvalue weighted by atomic mass is 16.5. The molecule has 0 aliphatic heterocycles. The summed E-state index contributed by atoms with van der Waals surface area (Å²) >= 11 is 0. The van der Waals surface area contributed by atoms with Crippen LogP contribution in [-0.4, -0.2) is 70.1 Å². The lowest BCUT2D eigenvalue weighted by atomic mass is 9.98. The maximum Gasteiger partial charge on any atom is 0.119 e. The molecule has 16 aromatic carbocycles. The van der Waals surface area contributed by atoms with E-state index in [0.717, 1.165) is 199 Å². The van der Waals surface area contributed by atoms with Crippen LogP contribution in [0, 0.1) is 0 Å². The van der Waals surface area contributed by atoms with Gasteiger partial charge in [-0.2, -0.15) is 0 Å². The van der Waals surface area contributed by atoms with E-state index in [1.54, 1.807) is 42.7 Å². The highest BCUT2D eigenvalue weighted by Crippen LogP contribution is 2.45. The van der Waals surface area contributed by atoms with Crippen LogP contribution in [0.15, 0.2) is 315 Å². The van der Waals surface area contributed by atoms with E-state index in [-0.39, 0.29) is 0 Å². The topological polar surface area (TPSA) is 85.0 Å². The predicted octanol–water partition coefficient (Wildman–Crippen LogP) is 23.1. The number of fused-ring (bicyclic) bond motifs is 10. The van der Waals surface area contributed by atoms with Crippen molar-refractivity contribution in [2.24, 2.45) is 0 Å². The van der Waals surface area contributed by atoms with Crippen LogP contribution < -0.4 is 28.4 Å². The Morgan fingerprint density at radius 3 is 0.481 bits per heavy atom. The molecule has 0 fully saturated rings. The fourth-order valence-electron chi connectivity index (χ4n) is 16.3. The zero-order chi connectivity index (χ0) is 71.3. The smallest absolute Gasteiger partial charge is 0.119 e. The van der Waals surface area contributed by atoms with Crippen molar-refractivity contribution in [2.45, 2.75) is 0 Å². The third kappa shape index (κ3) is 10.1. The Bertz CT molecular complexity index is 6010. The number of nitrogens with zero attached hydrogens (tertiary/aromatic N) is 6. The van der Waals surface area contributed by atoms with E-state index in [1.165, 1.54) is 0 Å². The maximum absolute atomic E-state index is 5.92. The first-order chi connectivity index (χ1) is 52.3. The van der Waals surface area contributed by atoms with Crippen LogP contribution in [0.4, 0.5) is 0 Å². The van der Waals surface area contributed by atoms with E-state index in [0.29, 0.717) is 0 Å². The van der Waals surface area contributed by atoms with Crippen molar-refractivity contribution in [3.8, 4) is 68.6 Å². The van der Waals surface area contributed by atoms with E-state index < -0.39 is 0 Å². The Labute approximate surface area is 609 Å².